The highest BCUT2D eigenvalue weighted by Crippen LogP contribution is 2.27. The maximum atomic E-state index is 12.3. The molecular weight excluding hydrogens is 374 g/mol. The maximum Gasteiger partial charge on any atom is 0.269 e. The van der Waals surface area contributed by atoms with Crippen LogP contribution in [0.1, 0.15) is 33.5 Å². The van der Waals surface area contributed by atoms with Crippen LogP contribution in [-0.4, -0.2) is 31.8 Å². The number of aryl methyl sites for hydroxylation is 2. The summed E-state index contributed by atoms with van der Waals surface area (Å²) >= 11 is 5.22. The van der Waals surface area contributed by atoms with Crippen molar-refractivity contribution in [3.8, 4) is 11.5 Å². The average Bonchev–Trinajstić information content (AvgIpc) is 3.19. The Kier molecular flexibility index (Phi) is 6.71. The zero-order chi connectivity index (χ0) is 19.9. The van der Waals surface area contributed by atoms with Crippen molar-refractivity contribution in [1.29, 1.82) is 0 Å². The van der Waals surface area contributed by atoms with Gasteiger partial charge in [-0.1, -0.05) is 12.1 Å². The maximum absolute atomic E-state index is 12.3. The van der Waals surface area contributed by atoms with E-state index in [0.29, 0.717) is 28.7 Å². The highest BCUT2D eigenvalue weighted by Gasteiger charge is 2.14. The Morgan fingerprint density at radius 3 is 2.57 bits per heavy atom. The van der Waals surface area contributed by atoms with Crippen molar-refractivity contribution >= 4 is 23.2 Å². The summed E-state index contributed by atoms with van der Waals surface area (Å²) in [5, 5.41) is 3.45. The molecule has 0 radical (unpaired) electrons. The molecule has 1 amide bonds. The summed E-state index contributed by atoms with van der Waals surface area (Å²) in [6.45, 7) is 0.621. The standard InChI is InChI=1S/C21H25N3O3S/c1-26-18-9-6-14(12-19(18)27-2)10-11-22-21(28)24-23-20(25)17-8-7-15-4-3-5-16(15)13-17/h6-9,12-13H,3-5,10-11H2,1-2H3,(H,23,25)(H2,22,24,28). The first-order chi connectivity index (χ1) is 13.6. The van der Waals surface area contributed by atoms with E-state index in [1.807, 2.05) is 36.4 Å². The van der Waals surface area contributed by atoms with E-state index in [9.17, 15) is 4.79 Å². The lowest BCUT2D eigenvalue weighted by molar-refractivity contribution is 0.0943. The first-order valence-electron chi connectivity index (χ1n) is 9.27. The highest BCUT2D eigenvalue weighted by molar-refractivity contribution is 7.80. The number of fused-ring (bicyclic) bond motifs is 1. The number of carbonyl (C=O) groups excluding carboxylic acids is 1. The van der Waals surface area contributed by atoms with Gasteiger partial charge < -0.3 is 14.8 Å². The quantitative estimate of drug-likeness (QED) is 0.512. The Labute approximate surface area is 170 Å². The molecule has 0 heterocycles. The van der Waals surface area contributed by atoms with E-state index in [2.05, 4.69) is 16.2 Å². The second-order valence-corrected chi connectivity index (χ2v) is 7.02. The van der Waals surface area contributed by atoms with Crippen LogP contribution in [0.2, 0.25) is 0 Å². The Morgan fingerprint density at radius 2 is 1.79 bits per heavy atom. The van der Waals surface area contributed by atoms with Crippen LogP contribution in [0.5, 0.6) is 11.5 Å². The highest BCUT2D eigenvalue weighted by atomic mass is 32.1. The molecule has 6 nitrogen and oxygen atoms in total. The molecule has 7 heteroatoms. The molecule has 3 rings (SSSR count). The van der Waals surface area contributed by atoms with Crippen molar-refractivity contribution in [2.75, 3.05) is 20.8 Å². The van der Waals surface area contributed by atoms with Gasteiger partial charge in [0.25, 0.3) is 5.91 Å². The van der Waals surface area contributed by atoms with Gasteiger partial charge >= 0.3 is 0 Å². The van der Waals surface area contributed by atoms with Gasteiger partial charge in [-0.05, 0) is 78.9 Å². The molecule has 3 N–H and O–H groups in total. The van der Waals surface area contributed by atoms with Crippen LogP contribution in [-0.2, 0) is 19.3 Å². The van der Waals surface area contributed by atoms with E-state index in [4.69, 9.17) is 21.7 Å². The summed E-state index contributed by atoms with van der Waals surface area (Å²) in [6, 6.07) is 11.7. The van der Waals surface area contributed by atoms with Gasteiger partial charge in [-0.3, -0.25) is 15.6 Å². The number of nitrogens with one attached hydrogen (secondary N) is 3. The number of ether oxygens (including phenoxy) is 2. The second-order valence-electron chi connectivity index (χ2n) is 6.61. The molecular formula is C21H25N3O3S. The Balaban J connectivity index is 1.43. The fourth-order valence-electron chi connectivity index (χ4n) is 3.30. The Hall–Kier alpha value is -2.80. The molecule has 0 saturated heterocycles. The number of hydrazine groups is 1. The molecule has 0 aliphatic heterocycles. The second kappa shape index (κ2) is 9.41. The number of hydrogen-bond donors (Lipinski definition) is 3. The van der Waals surface area contributed by atoms with Gasteiger partial charge in [0.1, 0.15) is 0 Å². The predicted octanol–water partition coefficient (Wildman–Crippen LogP) is 2.54. The van der Waals surface area contributed by atoms with E-state index in [-0.39, 0.29) is 5.91 Å². The SMILES string of the molecule is COc1ccc(CCNC(=S)NNC(=O)c2ccc3c(c2)CCC3)cc1OC. The minimum absolute atomic E-state index is 0.196. The molecule has 28 heavy (non-hydrogen) atoms. The van der Waals surface area contributed by atoms with Crippen LogP contribution in [0.15, 0.2) is 36.4 Å². The third kappa shape index (κ3) is 4.92. The Morgan fingerprint density at radius 1 is 1.00 bits per heavy atom. The lowest BCUT2D eigenvalue weighted by atomic mass is 10.1. The van der Waals surface area contributed by atoms with E-state index in [1.165, 1.54) is 11.1 Å². The van der Waals surface area contributed by atoms with Crippen molar-refractivity contribution in [3.63, 3.8) is 0 Å². The lowest BCUT2D eigenvalue weighted by Crippen LogP contribution is -2.47. The number of carbonyl (C=O) groups is 1. The molecule has 2 aromatic rings. The van der Waals surface area contributed by atoms with Gasteiger partial charge in [0, 0.05) is 12.1 Å². The number of thiocarbonyl (C=S) groups is 1. The molecule has 0 fully saturated rings. The van der Waals surface area contributed by atoms with E-state index < -0.39 is 0 Å². The monoisotopic (exact) mass is 399 g/mol. The molecule has 0 bridgehead atoms. The lowest BCUT2D eigenvalue weighted by Gasteiger charge is -2.13. The summed E-state index contributed by atoms with van der Waals surface area (Å²) < 4.78 is 10.5. The molecule has 0 aromatic heterocycles. The van der Waals surface area contributed by atoms with Crippen molar-refractivity contribution in [1.82, 2.24) is 16.2 Å². The number of rotatable bonds is 6. The van der Waals surface area contributed by atoms with Crippen LogP contribution in [0.3, 0.4) is 0 Å². The van der Waals surface area contributed by atoms with E-state index in [1.54, 1.807) is 14.2 Å². The molecule has 1 aliphatic carbocycles. The van der Waals surface area contributed by atoms with Gasteiger partial charge in [0.15, 0.2) is 16.6 Å². The van der Waals surface area contributed by atoms with Crippen LogP contribution in [0.25, 0.3) is 0 Å². The molecule has 0 atom stereocenters. The van der Waals surface area contributed by atoms with Gasteiger partial charge in [-0.25, -0.2) is 0 Å². The van der Waals surface area contributed by atoms with E-state index >= 15 is 0 Å². The zero-order valence-corrected chi connectivity index (χ0v) is 16.9. The molecule has 148 valence electrons. The minimum atomic E-state index is -0.196. The minimum Gasteiger partial charge on any atom is -0.493 e. The average molecular weight is 400 g/mol. The number of methoxy groups -OCH3 is 2. The van der Waals surface area contributed by atoms with Crippen LogP contribution in [0, 0.1) is 0 Å². The third-order valence-electron chi connectivity index (χ3n) is 4.80. The van der Waals surface area contributed by atoms with E-state index in [0.717, 1.165) is 31.2 Å². The van der Waals surface area contributed by atoms with Gasteiger partial charge in [-0.15, -0.1) is 0 Å². The summed E-state index contributed by atoms with van der Waals surface area (Å²) in [5.41, 5.74) is 9.74. The van der Waals surface area contributed by atoms with Crippen LogP contribution < -0.4 is 25.6 Å². The smallest absolute Gasteiger partial charge is 0.269 e. The molecule has 0 spiro atoms. The first-order valence-corrected chi connectivity index (χ1v) is 9.68. The molecule has 0 saturated carbocycles. The van der Waals surface area contributed by atoms with Gasteiger partial charge in [0.05, 0.1) is 14.2 Å². The van der Waals surface area contributed by atoms with Gasteiger partial charge in [0.2, 0.25) is 0 Å². The number of benzene rings is 2. The summed E-state index contributed by atoms with van der Waals surface area (Å²) in [7, 11) is 3.23. The van der Waals surface area contributed by atoms with Crippen molar-refractivity contribution in [3.05, 3.63) is 58.7 Å². The fourth-order valence-corrected chi connectivity index (χ4v) is 3.45. The van der Waals surface area contributed by atoms with Crippen LogP contribution >= 0.6 is 12.2 Å². The summed E-state index contributed by atoms with van der Waals surface area (Å²) in [4.78, 5) is 12.3. The van der Waals surface area contributed by atoms with Crippen molar-refractivity contribution < 1.29 is 14.3 Å². The van der Waals surface area contributed by atoms with Crippen molar-refractivity contribution in [2.45, 2.75) is 25.7 Å². The van der Waals surface area contributed by atoms with Gasteiger partial charge in [-0.2, -0.15) is 0 Å². The van der Waals surface area contributed by atoms with Crippen LogP contribution in [0.4, 0.5) is 0 Å². The normalized spacial score (nSPS) is 12.1. The molecule has 0 unspecified atom stereocenters. The molecule has 2 aromatic carbocycles. The largest absolute Gasteiger partial charge is 0.493 e. The first kappa shape index (κ1) is 19.9. The number of hydrogen-bond acceptors (Lipinski definition) is 4. The van der Waals surface area contributed by atoms with Crippen molar-refractivity contribution in [2.24, 2.45) is 0 Å². The summed E-state index contributed by atoms with van der Waals surface area (Å²) in [6.07, 6.45) is 4.05. The number of amides is 1. The predicted molar refractivity (Wildman–Crippen MR) is 113 cm³/mol. The zero-order valence-electron chi connectivity index (χ0n) is 16.1. The summed E-state index contributed by atoms with van der Waals surface area (Å²) in [5.74, 6) is 1.20. The topological polar surface area (TPSA) is 71.6 Å². The fraction of sp³-hybridized carbons (Fsp3) is 0.333. The Bertz CT molecular complexity index is 870. The molecule has 1 aliphatic rings. The third-order valence-corrected chi connectivity index (χ3v) is 5.04.